The van der Waals surface area contributed by atoms with Gasteiger partial charge in [-0.25, -0.2) is 0 Å². The Morgan fingerprint density at radius 3 is 3.00 bits per heavy atom. The van der Waals surface area contributed by atoms with Crippen molar-refractivity contribution in [3.8, 4) is 0 Å². The van der Waals surface area contributed by atoms with Crippen molar-refractivity contribution in [1.29, 1.82) is 0 Å². The molecule has 1 atom stereocenters. The van der Waals surface area contributed by atoms with E-state index in [2.05, 4.69) is 11.9 Å². The van der Waals surface area contributed by atoms with Crippen LogP contribution in [0.1, 0.15) is 32.1 Å². The third-order valence-corrected chi connectivity index (χ3v) is 2.94. The van der Waals surface area contributed by atoms with Gasteiger partial charge in [0.15, 0.2) is 0 Å². The number of aliphatic carboxylic acids is 1. The van der Waals surface area contributed by atoms with Crippen molar-refractivity contribution in [3.63, 3.8) is 0 Å². The summed E-state index contributed by atoms with van der Waals surface area (Å²) in [5.74, 6) is -0.788. The topological polar surface area (TPSA) is 49.8 Å². The second kappa shape index (κ2) is 6.80. The number of rotatable bonds is 5. The smallest absolute Gasteiger partial charge is 0.305 e. The monoisotopic (exact) mass is 215 g/mol. The minimum absolute atomic E-state index is 0.108. The number of carboxylic acid groups (broad SMARTS) is 1. The van der Waals surface area contributed by atoms with Crippen molar-refractivity contribution in [2.24, 2.45) is 0 Å². The summed E-state index contributed by atoms with van der Waals surface area (Å²) < 4.78 is 5.39. The molecule has 1 aliphatic heterocycles. The van der Waals surface area contributed by atoms with E-state index in [0.717, 1.165) is 6.54 Å². The summed E-state index contributed by atoms with van der Waals surface area (Å²) in [6, 6.07) is 0.473. The molecule has 0 radical (unpaired) electrons. The second-order valence-corrected chi connectivity index (χ2v) is 4.20. The Kier molecular flexibility index (Phi) is 5.65. The first-order valence-corrected chi connectivity index (χ1v) is 5.70. The minimum Gasteiger partial charge on any atom is -0.481 e. The summed E-state index contributed by atoms with van der Waals surface area (Å²) in [4.78, 5) is 12.6. The lowest BCUT2D eigenvalue weighted by atomic mass is 10.1. The number of carbonyl (C=O) groups is 1. The fourth-order valence-corrected chi connectivity index (χ4v) is 1.91. The Morgan fingerprint density at radius 1 is 1.47 bits per heavy atom. The molecule has 1 N–H and O–H groups in total. The van der Waals surface area contributed by atoms with E-state index in [4.69, 9.17) is 9.84 Å². The molecule has 15 heavy (non-hydrogen) atoms. The Bertz CT molecular complexity index is 196. The maximum atomic E-state index is 10.3. The van der Waals surface area contributed by atoms with E-state index in [9.17, 15) is 4.79 Å². The Morgan fingerprint density at radius 2 is 2.27 bits per heavy atom. The number of ether oxygens (including phenoxy) is 1. The first kappa shape index (κ1) is 12.5. The van der Waals surface area contributed by atoms with Gasteiger partial charge in [0.25, 0.3) is 0 Å². The molecule has 1 aliphatic rings. The van der Waals surface area contributed by atoms with Crippen LogP contribution in [0.2, 0.25) is 0 Å². The van der Waals surface area contributed by atoms with Gasteiger partial charge in [-0.3, -0.25) is 4.79 Å². The van der Waals surface area contributed by atoms with Crippen molar-refractivity contribution in [2.75, 3.05) is 26.8 Å². The highest BCUT2D eigenvalue weighted by atomic mass is 16.5. The molecule has 1 fully saturated rings. The predicted molar refractivity (Wildman–Crippen MR) is 58.0 cm³/mol. The van der Waals surface area contributed by atoms with Gasteiger partial charge in [0.05, 0.1) is 19.6 Å². The lowest BCUT2D eigenvalue weighted by molar-refractivity contribution is -0.138. The fourth-order valence-electron chi connectivity index (χ4n) is 1.91. The maximum absolute atomic E-state index is 10.3. The van der Waals surface area contributed by atoms with Crippen LogP contribution in [0, 0.1) is 0 Å². The zero-order chi connectivity index (χ0) is 11.1. The van der Waals surface area contributed by atoms with Crippen LogP contribution < -0.4 is 0 Å². The summed E-state index contributed by atoms with van der Waals surface area (Å²) in [7, 11) is 2.12. The van der Waals surface area contributed by atoms with Crippen LogP contribution in [0.25, 0.3) is 0 Å². The van der Waals surface area contributed by atoms with Crippen LogP contribution in [-0.4, -0.2) is 48.8 Å². The van der Waals surface area contributed by atoms with E-state index in [0.29, 0.717) is 19.3 Å². The third kappa shape index (κ3) is 5.14. The lowest BCUT2D eigenvalue weighted by Crippen LogP contribution is -2.35. The molecule has 4 nitrogen and oxygen atoms in total. The first-order chi connectivity index (χ1) is 7.20. The van der Waals surface area contributed by atoms with Crippen LogP contribution in [0.15, 0.2) is 0 Å². The molecule has 0 spiro atoms. The molecule has 0 amide bonds. The largest absolute Gasteiger partial charge is 0.481 e. The third-order valence-electron chi connectivity index (χ3n) is 2.94. The van der Waals surface area contributed by atoms with Crippen LogP contribution in [-0.2, 0) is 9.53 Å². The number of nitrogens with zero attached hydrogens (tertiary/aromatic N) is 1. The maximum Gasteiger partial charge on any atom is 0.305 e. The molecule has 0 aromatic carbocycles. The van der Waals surface area contributed by atoms with Gasteiger partial charge in [-0.2, -0.15) is 0 Å². The Labute approximate surface area is 91.2 Å². The highest BCUT2D eigenvalue weighted by molar-refractivity contribution is 5.66. The molecule has 1 heterocycles. The van der Waals surface area contributed by atoms with E-state index in [1.807, 2.05) is 0 Å². The first-order valence-electron chi connectivity index (χ1n) is 5.70. The molecule has 1 saturated heterocycles. The van der Waals surface area contributed by atoms with E-state index in [1.54, 1.807) is 0 Å². The van der Waals surface area contributed by atoms with Gasteiger partial charge in [-0.1, -0.05) is 12.8 Å². The molecule has 0 saturated carbocycles. The highest BCUT2D eigenvalue weighted by Crippen LogP contribution is 2.15. The number of carboxylic acids is 1. The molecular formula is C11H21NO3. The van der Waals surface area contributed by atoms with Crippen LogP contribution >= 0.6 is 0 Å². The van der Waals surface area contributed by atoms with Crippen molar-refractivity contribution in [1.82, 2.24) is 4.90 Å². The number of hydrogen-bond donors (Lipinski definition) is 1. The van der Waals surface area contributed by atoms with Crippen molar-refractivity contribution < 1.29 is 14.6 Å². The SMILES string of the molecule is CN1CCCCCC1COCCC(=O)O. The standard InChI is InChI=1S/C11H21NO3/c1-12-7-4-2-3-5-10(12)9-15-8-6-11(13)14/h10H,2-9H2,1H3,(H,13,14). The molecule has 1 rings (SSSR count). The molecular weight excluding hydrogens is 194 g/mol. The van der Waals surface area contributed by atoms with Gasteiger partial charge >= 0.3 is 5.97 Å². The normalized spacial score (nSPS) is 23.7. The average Bonchev–Trinajstić information content (AvgIpc) is 2.38. The summed E-state index contributed by atoms with van der Waals surface area (Å²) >= 11 is 0. The fraction of sp³-hybridized carbons (Fsp3) is 0.909. The highest BCUT2D eigenvalue weighted by Gasteiger charge is 2.17. The van der Waals surface area contributed by atoms with Gasteiger partial charge < -0.3 is 14.7 Å². The molecule has 4 heteroatoms. The molecule has 0 aromatic heterocycles. The van der Waals surface area contributed by atoms with Gasteiger partial charge in [0, 0.05) is 6.04 Å². The number of hydrogen-bond acceptors (Lipinski definition) is 3. The van der Waals surface area contributed by atoms with Crippen molar-refractivity contribution in [3.05, 3.63) is 0 Å². The van der Waals surface area contributed by atoms with E-state index >= 15 is 0 Å². The minimum atomic E-state index is -0.788. The Hall–Kier alpha value is -0.610. The summed E-state index contributed by atoms with van der Waals surface area (Å²) in [5.41, 5.74) is 0. The molecule has 1 unspecified atom stereocenters. The summed E-state index contributed by atoms with van der Waals surface area (Å²) in [5, 5.41) is 8.46. The number of likely N-dealkylation sites (N-methyl/N-ethyl adjacent to an activating group) is 1. The van der Waals surface area contributed by atoms with E-state index in [-0.39, 0.29) is 6.42 Å². The summed E-state index contributed by atoms with van der Waals surface area (Å²) in [6.45, 7) is 2.14. The summed E-state index contributed by atoms with van der Waals surface area (Å²) in [6.07, 6.45) is 5.11. The predicted octanol–water partition coefficient (Wildman–Crippen LogP) is 1.35. The average molecular weight is 215 g/mol. The molecule has 0 aromatic rings. The van der Waals surface area contributed by atoms with Crippen molar-refractivity contribution in [2.45, 2.75) is 38.1 Å². The van der Waals surface area contributed by atoms with E-state index in [1.165, 1.54) is 25.7 Å². The van der Waals surface area contributed by atoms with Crippen molar-refractivity contribution >= 4 is 5.97 Å². The van der Waals surface area contributed by atoms with Crippen LogP contribution in [0.4, 0.5) is 0 Å². The van der Waals surface area contributed by atoms with Crippen LogP contribution in [0.5, 0.6) is 0 Å². The number of likely N-dealkylation sites (tertiary alicyclic amines) is 1. The lowest BCUT2D eigenvalue weighted by Gasteiger charge is -2.25. The van der Waals surface area contributed by atoms with Gasteiger partial charge in [-0.05, 0) is 26.4 Å². The molecule has 0 aliphatic carbocycles. The van der Waals surface area contributed by atoms with Gasteiger partial charge in [0.2, 0.25) is 0 Å². The zero-order valence-electron chi connectivity index (χ0n) is 9.45. The molecule has 0 bridgehead atoms. The van der Waals surface area contributed by atoms with Crippen LogP contribution in [0.3, 0.4) is 0 Å². The van der Waals surface area contributed by atoms with Gasteiger partial charge in [-0.15, -0.1) is 0 Å². The quantitative estimate of drug-likeness (QED) is 0.703. The zero-order valence-corrected chi connectivity index (χ0v) is 9.45. The van der Waals surface area contributed by atoms with E-state index < -0.39 is 5.97 Å². The molecule has 88 valence electrons. The second-order valence-electron chi connectivity index (χ2n) is 4.20. The Balaban J connectivity index is 2.15. The van der Waals surface area contributed by atoms with Gasteiger partial charge in [0.1, 0.15) is 0 Å².